The molecule has 1 atom stereocenters. The summed E-state index contributed by atoms with van der Waals surface area (Å²) in [7, 11) is 0. The Morgan fingerprint density at radius 1 is 1.21 bits per heavy atom. The zero-order chi connectivity index (χ0) is 13.1. The molecule has 19 heavy (non-hydrogen) atoms. The fraction of sp³-hybridized carbons (Fsp3) is 0.143. The molecule has 96 valence electrons. The van der Waals surface area contributed by atoms with Gasteiger partial charge in [-0.05, 0) is 12.0 Å². The highest BCUT2D eigenvalue weighted by Crippen LogP contribution is 2.21. The van der Waals surface area contributed by atoms with Gasteiger partial charge in [-0.3, -0.25) is 0 Å². The first kappa shape index (κ1) is 12.1. The average Bonchev–Trinajstić information content (AvgIpc) is 3.11. The van der Waals surface area contributed by atoms with Crippen molar-refractivity contribution in [2.75, 3.05) is 0 Å². The fourth-order valence-electron chi connectivity index (χ4n) is 1.95. The maximum atomic E-state index is 6.18. The van der Waals surface area contributed by atoms with E-state index in [9.17, 15) is 0 Å². The molecule has 0 fully saturated rings. The maximum absolute atomic E-state index is 6.18. The van der Waals surface area contributed by atoms with Crippen LogP contribution in [0.15, 0.2) is 48.1 Å². The number of aromatic amines is 1. The lowest BCUT2D eigenvalue weighted by atomic mass is 10.1. The Labute approximate surface area is 115 Å². The topological polar surface area (TPSA) is 67.6 Å². The predicted octanol–water partition coefficient (Wildman–Crippen LogP) is 2.78. The molecule has 2 aromatic heterocycles. The van der Waals surface area contributed by atoms with Gasteiger partial charge in [0.2, 0.25) is 0 Å². The van der Waals surface area contributed by atoms with Crippen molar-refractivity contribution in [2.24, 2.45) is 5.73 Å². The van der Waals surface area contributed by atoms with Crippen LogP contribution in [0.3, 0.4) is 0 Å². The lowest BCUT2D eigenvalue weighted by molar-refractivity contribution is 0.678. The third-order valence-corrected chi connectivity index (χ3v) is 3.71. The molecule has 0 saturated carbocycles. The largest absolute Gasteiger partial charge is 0.339 e. The normalized spacial score (nSPS) is 12.5. The van der Waals surface area contributed by atoms with Gasteiger partial charge in [0.1, 0.15) is 10.8 Å². The summed E-state index contributed by atoms with van der Waals surface area (Å²) in [6.07, 6.45) is 4.34. The first-order valence-corrected chi connectivity index (χ1v) is 6.95. The van der Waals surface area contributed by atoms with E-state index >= 15 is 0 Å². The van der Waals surface area contributed by atoms with Gasteiger partial charge in [0.15, 0.2) is 0 Å². The van der Waals surface area contributed by atoms with Crippen molar-refractivity contribution in [3.63, 3.8) is 0 Å². The van der Waals surface area contributed by atoms with Gasteiger partial charge in [0, 0.05) is 11.6 Å². The summed E-state index contributed by atoms with van der Waals surface area (Å²) in [6.45, 7) is 0. The van der Waals surface area contributed by atoms with Crippen LogP contribution in [0, 0.1) is 0 Å². The Morgan fingerprint density at radius 2 is 2.05 bits per heavy atom. The van der Waals surface area contributed by atoms with Crippen molar-refractivity contribution in [1.82, 2.24) is 15.0 Å². The van der Waals surface area contributed by atoms with Crippen molar-refractivity contribution in [1.29, 1.82) is 0 Å². The Kier molecular flexibility index (Phi) is 3.39. The molecular weight excluding hydrogens is 256 g/mol. The number of nitrogens with two attached hydrogens (primary N) is 1. The zero-order valence-electron chi connectivity index (χ0n) is 10.3. The molecule has 1 unspecified atom stereocenters. The molecule has 5 heteroatoms. The highest BCUT2D eigenvalue weighted by atomic mass is 32.1. The molecule has 0 spiro atoms. The number of H-pyrrole nitrogens is 1. The monoisotopic (exact) mass is 270 g/mol. The summed E-state index contributed by atoms with van der Waals surface area (Å²) in [5, 5.41) is 2.88. The van der Waals surface area contributed by atoms with Crippen LogP contribution in [0.1, 0.15) is 17.4 Å². The molecule has 3 rings (SSSR count). The van der Waals surface area contributed by atoms with E-state index in [4.69, 9.17) is 5.73 Å². The summed E-state index contributed by atoms with van der Waals surface area (Å²) in [5.41, 5.74) is 8.32. The number of hydrogen-bond donors (Lipinski definition) is 2. The highest BCUT2D eigenvalue weighted by Gasteiger charge is 2.12. The van der Waals surface area contributed by atoms with E-state index in [0.717, 1.165) is 22.9 Å². The standard InChI is InChI=1S/C14H14N4S/c15-11(8-10-4-2-1-3-5-10)13-17-9-12(18-13)14-16-6-7-19-14/h1-7,9,11H,8,15H2,(H,17,18). The van der Waals surface area contributed by atoms with Crippen LogP contribution < -0.4 is 5.73 Å². The number of hydrogen-bond acceptors (Lipinski definition) is 4. The summed E-state index contributed by atoms with van der Waals surface area (Å²) in [5.74, 6) is 0.800. The quantitative estimate of drug-likeness (QED) is 0.766. The second-order valence-corrected chi connectivity index (χ2v) is 5.21. The van der Waals surface area contributed by atoms with E-state index in [-0.39, 0.29) is 6.04 Å². The number of imidazole rings is 1. The van der Waals surface area contributed by atoms with Crippen LogP contribution in [0.4, 0.5) is 0 Å². The van der Waals surface area contributed by atoms with Gasteiger partial charge in [-0.25, -0.2) is 9.97 Å². The molecule has 0 aliphatic rings. The summed E-state index contributed by atoms with van der Waals surface area (Å²) in [6, 6.07) is 10.1. The number of thiazole rings is 1. The second-order valence-electron chi connectivity index (χ2n) is 4.32. The molecule has 0 saturated heterocycles. The molecule has 3 aromatic rings. The van der Waals surface area contributed by atoms with Gasteiger partial charge in [-0.15, -0.1) is 11.3 Å². The van der Waals surface area contributed by atoms with Crippen LogP contribution >= 0.6 is 11.3 Å². The lowest BCUT2D eigenvalue weighted by Gasteiger charge is -2.08. The van der Waals surface area contributed by atoms with E-state index < -0.39 is 0 Å². The summed E-state index contributed by atoms with van der Waals surface area (Å²) < 4.78 is 0. The first-order valence-electron chi connectivity index (χ1n) is 6.07. The average molecular weight is 270 g/mol. The smallest absolute Gasteiger partial charge is 0.141 e. The van der Waals surface area contributed by atoms with Gasteiger partial charge in [-0.1, -0.05) is 30.3 Å². The maximum Gasteiger partial charge on any atom is 0.141 e. The van der Waals surface area contributed by atoms with Gasteiger partial charge < -0.3 is 10.7 Å². The third-order valence-electron chi connectivity index (χ3n) is 2.91. The predicted molar refractivity (Wildman–Crippen MR) is 76.8 cm³/mol. The minimum atomic E-state index is -0.129. The van der Waals surface area contributed by atoms with Crippen molar-refractivity contribution < 1.29 is 0 Å². The molecule has 3 N–H and O–H groups in total. The van der Waals surface area contributed by atoms with Crippen LogP contribution in [-0.2, 0) is 6.42 Å². The van der Waals surface area contributed by atoms with E-state index in [1.54, 1.807) is 23.7 Å². The molecule has 2 heterocycles. The van der Waals surface area contributed by atoms with Crippen molar-refractivity contribution in [3.05, 3.63) is 59.5 Å². The van der Waals surface area contributed by atoms with Gasteiger partial charge in [0.25, 0.3) is 0 Å². The van der Waals surface area contributed by atoms with E-state index in [1.165, 1.54) is 5.56 Å². The van der Waals surface area contributed by atoms with Crippen molar-refractivity contribution in [2.45, 2.75) is 12.5 Å². The number of aromatic nitrogens is 3. The molecule has 0 bridgehead atoms. The molecule has 0 radical (unpaired) electrons. The van der Waals surface area contributed by atoms with E-state index in [1.807, 2.05) is 23.6 Å². The molecule has 0 aliphatic heterocycles. The zero-order valence-corrected chi connectivity index (χ0v) is 11.1. The molecule has 1 aromatic carbocycles. The number of nitrogens with zero attached hydrogens (tertiary/aromatic N) is 2. The van der Waals surface area contributed by atoms with E-state index in [0.29, 0.717) is 0 Å². The van der Waals surface area contributed by atoms with Gasteiger partial charge >= 0.3 is 0 Å². The Hall–Kier alpha value is -1.98. The van der Waals surface area contributed by atoms with Crippen molar-refractivity contribution >= 4 is 11.3 Å². The van der Waals surface area contributed by atoms with Crippen LogP contribution in [0.2, 0.25) is 0 Å². The Bertz CT molecular complexity index is 631. The highest BCUT2D eigenvalue weighted by molar-refractivity contribution is 7.13. The second kappa shape index (κ2) is 5.34. The number of rotatable bonds is 4. The SMILES string of the molecule is NC(Cc1ccccc1)c1ncc(-c2nccs2)[nH]1. The fourth-order valence-corrected chi connectivity index (χ4v) is 2.56. The van der Waals surface area contributed by atoms with Gasteiger partial charge in [0.05, 0.1) is 17.9 Å². The molecule has 0 amide bonds. The minimum absolute atomic E-state index is 0.129. The molecule has 0 aliphatic carbocycles. The van der Waals surface area contributed by atoms with Gasteiger partial charge in [-0.2, -0.15) is 0 Å². The van der Waals surface area contributed by atoms with Crippen molar-refractivity contribution in [3.8, 4) is 10.7 Å². The third kappa shape index (κ3) is 2.72. The number of nitrogens with one attached hydrogen (secondary N) is 1. The van der Waals surface area contributed by atoms with E-state index in [2.05, 4.69) is 27.1 Å². The summed E-state index contributed by atoms with van der Waals surface area (Å²) >= 11 is 1.58. The first-order chi connectivity index (χ1) is 9.33. The number of benzene rings is 1. The summed E-state index contributed by atoms with van der Waals surface area (Å²) in [4.78, 5) is 11.9. The van der Waals surface area contributed by atoms with Crippen LogP contribution in [0.25, 0.3) is 10.7 Å². The van der Waals surface area contributed by atoms with Crippen LogP contribution in [-0.4, -0.2) is 15.0 Å². The lowest BCUT2D eigenvalue weighted by Crippen LogP contribution is -2.14. The molecule has 4 nitrogen and oxygen atoms in total. The Balaban J connectivity index is 1.76. The minimum Gasteiger partial charge on any atom is -0.339 e. The Morgan fingerprint density at radius 3 is 2.79 bits per heavy atom. The molecular formula is C14H14N4S. The van der Waals surface area contributed by atoms with Crippen LogP contribution in [0.5, 0.6) is 0 Å².